The van der Waals surface area contributed by atoms with Gasteiger partial charge in [0.2, 0.25) is 0 Å². The highest BCUT2D eigenvalue weighted by Crippen LogP contribution is 2.30. The molecule has 0 saturated carbocycles. The summed E-state index contributed by atoms with van der Waals surface area (Å²) >= 11 is 1.81. The monoisotopic (exact) mass is 191 g/mol. The van der Waals surface area contributed by atoms with Crippen LogP contribution in [0.2, 0.25) is 0 Å². The van der Waals surface area contributed by atoms with E-state index in [2.05, 4.69) is 43.3 Å². The predicted molar refractivity (Wildman–Crippen MR) is 59.6 cm³/mol. The molecule has 1 heterocycles. The SMILES string of the molecule is CSc1c(C)[nH]c2c(C)cccc12. The number of rotatable bonds is 1. The third kappa shape index (κ3) is 1.25. The summed E-state index contributed by atoms with van der Waals surface area (Å²) < 4.78 is 0. The molecule has 0 aliphatic heterocycles. The zero-order valence-corrected chi connectivity index (χ0v) is 8.96. The number of para-hydroxylation sites is 1. The Morgan fingerprint density at radius 2 is 2.00 bits per heavy atom. The number of H-pyrrole nitrogens is 1. The molecule has 1 aromatic heterocycles. The number of aromatic nitrogens is 1. The number of nitrogens with one attached hydrogen (secondary N) is 1. The fourth-order valence-electron chi connectivity index (χ4n) is 1.73. The molecule has 0 aliphatic carbocycles. The smallest absolute Gasteiger partial charge is 0.0497 e. The molecule has 0 spiro atoms. The summed E-state index contributed by atoms with van der Waals surface area (Å²) in [6.45, 7) is 4.27. The summed E-state index contributed by atoms with van der Waals surface area (Å²) in [5.74, 6) is 0. The second-order valence-electron chi connectivity index (χ2n) is 3.28. The number of fused-ring (bicyclic) bond motifs is 1. The van der Waals surface area contributed by atoms with Crippen LogP contribution in [0.4, 0.5) is 0 Å². The van der Waals surface area contributed by atoms with Crippen molar-refractivity contribution in [1.82, 2.24) is 4.98 Å². The minimum absolute atomic E-state index is 1.27. The lowest BCUT2D eigenvalue weighted by Crippen LogP contribution is -1.74. The maximum absolute atomic E-state index is 3.43. The van der Waals surface area contributed by atoms with E-state index in [1.807, 2.05) is 11.8 Å². The minimum atomic E-state index is 1.27. The lowest BCUT2D eigenvalue weighted by molar-refractivity contribution is 1.22. The molecule has 0 radical (unpaired) electrons. The Balaban J connectivity index is 2.86. The molecule has 2 heteroatoms. The average Bonchev–Trinajstić information content (AvgIpc) is 2.43. The molecule has 0 atom stereocenters. The van der Waals surface area contributed by atoms with Gasteiger partial charge in [0.05, 0.1) is 0 Å². The predicted octanol–water partition coefficient (Wildman–Crippen LogP) is 3.51. The van der Waals surface area contributed by atoms with Crippen LogP contribution >= 0.6 is 11.8 Å². The third-order valence-electron chi connectivity index (χ3n) is 2.37. The molecule has 1 nitrogen and oxygen atoms in total. The minimum Gasteiger partial charge on any atom is -0.357 e. The van der Waals surface area contributed by atoms with Crippen molar-refractivity contribution >= 4 is 22.7 Å². The summed E-state index contributed by atoms with van der Waals surface area (Å²) in [4.78, 5) is 4.80. The molecular weight excluding hydrogens is 178 g/mol. The van der Waals surface area contributed by atoms with E-state index in [9.17, 15) is 0 Å². The number of thioether (sulfide) groups is 1. The second kappa shape index (κ2) is 3.11. The first-order valence-corrected chi connectivity index (χ1v) is 5.58. The van der Waals surface area contributed by atoms with Crippen molar-refractivity contribution < 1.29 is 0 Å². The summed E-state index contributed by atoms with van der Waals surface area (Å²) in [5.41, 5.74) is 3.88. The van der Waals surface area contributed by atoms with E-state index in [0.29, 0.717) is 0 Å². The molecule has 0 fully saturated rings. The Morgan fingerprint density at radius 1 is 1.23 bits per heavy atom. The highest BCUT2D eigenvalue weighted by atomic mass is 32.2. The molecule has 2 rings (SSSR count). The number of hydrogen-bond donors (Lipinski definition) is 1. The van der Waals surface area contributed by atoms with Crippen molar-refractivity contribution in [2.24, 2.45) is 0 Å². The molecular formula is C11H13NS. The van der Waals surface area contributed by atoms with Gasteiger partial charge in [-0.3, -0.25) is 0 Å². The van der Waals surface area contributed by atoms with Gasteiger partial charge in [-0.15, -0.1) is 11.8 Å². The normalized spacial score (nSPS) is 11.0. The lowest BCUT2D eigenvalue weighted by atomic mass is 10.2. The van der Waals surface area contributed by atoms with E-state index in [-0.39, 0.29) is 0 Å². The Hall–Kier alpha value is -0.890. The molecule has 2 aromatic rings. The van der Waals surface area contributed by atoms with Gasteiger partial charge >= 0.3 is 0 Å². The van der Waals surface area contributed by atoms with Gasteiger partial charge < -0.3 is 4.98 Å². The Labute approximate surface area is 82.5 Å². The largest absolute Gasteiger partial charge is 0.357 e. The van der Waals surface area contributed by atoms with Crippen LogP contribution < -0.4 is 0 Å². The van der Waals surface area contributed by atoms with Gasteiger partial charge in [-0.1, -0.05) is 18.2 Å². The highest BCUT2D eigenvalue weighted by Gasteiger charge is 2.07. The Morgan fingerprint density at radius 3 is 2.69 bits per heavy atom. The first kappa shape index (κ1) is 8.70. The van der Waals surface area contributed by atoms with Crippen molar-refractivity contribution in [2.75, 3.05) is 6.26 Å². The summed E-state index contributed by atoms with van der Waals surface area (Å²) in [6, 6.07) is 6.44. The van der Waals surface area contributed by atoms with Gasteiger partial charge in [0.25, 0.3) is 0 Å². The first-order chi connectivity index (χ1) is 6.24. The number of hydrogen-bond acceptors (Lipinski definition) is 1. The van der Waals surface area contributed by atoms with Crippen molar-refractivity contribution in [1.29, 1.82) is 0 Å². The van der Waals surface area contributed by atoms with E-state index in [1.54, 1.807) is 0 Å². The summed E-state index contributed by atoms with van der Waals surface area (Å²) in [6.07, 6.45) is 2.12. The van der Waals surface area contributed by atoms with Gasteiger partial charge in [-0.2, -0.15) is 0 Å². The lowest BCUT2D eigenvalue weighted by Gasteiger charge is -1.95. The number of aryl methyl sites for hydroxylation is 2. The van der Waals surface area contributed by atoms with Crippen LogP contribution in [0.1, 0.15) is 11.3 Å². The first-order valence-electron chi connectivity index (χ1n) is 4.36. The molecule has 0 amide bonds. The molecule has 13 heavy (non-hydrogen) atoms. The maximum Gasteiger partial charge on any atom is 0.0497 e. The maximum atomic E-state index is 3.43. The van der Waals surface area contributed by atoms with Crippen LogP contribution in [0, 0.1) is 13.8 Å². The van der Waals surface area contributed by atoms with Gasteiger partial charge in [0, 0.05) is 21.5 Å². The zero-order valence-electron chi connectivity index (χ0n) is 8.14. The van der Waals surface area contributed by atoms with E-state index in [1.165, 1.54) is 27.1 Å². The third-order valence-corrected chi connectivity index (χ3v) is 3.31. The summed E-state index contributed by atoms with van der Waals surface area (Å²) in [7, 11) is 0. The fraction of sp³-hybridized carbons (Fsp3) is 0.273. The van der Waals surface area contributed by atoms with E-state index in [4.69, 9.17) is 0 Å². The second-order valence-corrected chi connectivity index (χ2v) is 4.10. The van der Waals surface area contributed by atoms with Crippen molar-refractivity contribution in [3.05, 3.63) is 29.5 Å². The molecule has 0 aliphatic rings. The standard InChI is InChI=1S/C11H13NS/c1-7-5-4-6-9-10(7)12-8(2)11(9)13-3/h4-6,12H,1-3H3. The van der Waals surface area contributed by atoms with Gasteiger partial charge in [0.15, 0.2) is 0 Å². The zero-order chi connectivity index (χ0) is 9.42. The molecule has 0 saturated heterocycles. The van der Waals surface area contributed by atoms with Crippen LogP contribution in [0.25, 0.3) is 10.9 Å². The van der Waals surface area contributed by atoms with Gasteiger partial charge in [0.1, 0.15) is 0 Å². The number of aromatic amines is 1. The van der Waals surface area contributed by atoms with Gasteiger partial charge in [-0.25, -0.2) is 0 Å². The van der Waals surface area contributed by atoms with Crippen LogP contribution in [0.5, 0.6) is 0 Å². The molecule has 0 unspecified atom stereocenters. The molecule has 1 N–H and O–H groups in total. The topological polar surface area (TPSA) is 15.8 Å². The van der Waals surface area contributed by atoms with Crippen LogP contribution in [0.15, 0.2) is 23.1 Å². The molecule has 1 aromatic carbocycles. The summed E-state index contributed by atoms with van der Waals surface area (Å²) in [5, 5.41) is 1.35. The Kier molecular flexibility index (Phi) is 2.08. The van der Waals surface area contributed by atoms with Crippen LogP contribution in [-0.2, 0) is 0 Å². The molecule has 0 bridgehead atoms. The fourth-order valence-corrected chi connectivity index (χ4v) is 2.48. The number of benzene rings is 1. The van der Waals surface area contributed by atoms with Crippen molar-refractivity contribution in [2.45, 2.75) is 18.7 Å². The highest BCUT2D eigenvalue weighted by molar-refractivity contribution is 7.98. The van der Waals surface area contributed by atoms with Crippen molar-refractivity contribution in [3.63, 3.8) is 0 Å². The quantitative estimate of drug-likeness (QED) is 0.682. The Bertz CT molecular complexity index is 443. The average molecular weight is 191 g/mol. The van der Waals surface area contributed by atoms with E-state index < -0.39 is 0 Å². The van der Waals surface area contributed by atoms with E-state index in [0.717, 1.165) is 0 Å². The van der Waals surface area contributed by atoms with E-state index >= 15 is 0 Å². The van der Waals surface area contributed by atoms with Crippen LogP contribution in [0.3, 0.4) is 0 Å². The van der Waals surface area contributed by atoms with Gasteiger partial charge in [-0.05, 0) is 25.7 Å². The van der Waals surface area contributed by atoms with Crippen molar-refractivity contribution in [3.8, 4) is 0 Å². The van der Waals surface area contributed by atoms with Crippen LogP contribution in [-0.4, -0.2) is 11.2 Å². The molecule has 68 valence electrons.